The Kier molecular flexibility index (Phi) is 2.21. The van der Waals surface area contributed by atoms with Crippen molar-refractivity contribution in [1.29, 1.82) is 0 Å². The quantitative estimate of drug-likeness (QED) is 0.778. The highest BCUT2D eigenvalue weighted by molar-refractivity contribution is 5.45. The molecule has 0 radical (unpaired) electrons. The molecule has 2 aliphatic carbocycles. The molecule has 0 amide bonds. The molecule has 4 rings (SSSR count). The highest BCUT2D eigenvalue weighted by atomic mass is 16.5. The zero-order valence-electron chi connectivity index (χ0n) is 15.2. The van der Waals surface area contributed by atoms with Crippen molar-refractivity contribution in [3.63, 3.8) is 0 Å². The summed E-state index contributed by atoms with van der Waals surface area (Å²) < 4.78 is 27.3. The van der Waals surface area contributed by atoms with E-state index in [-0.39, 0.29) is 5.41 Å². The van der Waals surface area contributed by atoms with Crippen LogP contribution in [0.15, 0.2) is 18.2 Å². The van der Waals surface area contributed by atoms with Gasteiger partial charge in [0.05, 0.1) is 11.2 Å². The van der Waals surface area contributed by atoms with Crippen LogP contribution in [0.5, 0.6) is 5.75 Å². The van der Waals surface area contributed by atoms with Crippen LogP contribution in [0.1, 0.15) is 47.3 Å². The summed E-state index contributed by atoms with van der Waals surface area (Å²) in [6.45, 7) is 1.14. The molecule has 1 saturated carbocycles. The van der Waals surface area contributed by atoms with Crippen molar-refractivity contribution in [2.45, 2.75) is 50.0 Å². The molecule has 0 N–H and O–H groups in total. The lowest BCUT2D eigenvalue weighted by molar-refractivity contribution is 0.00274. The van der Waals surface area contributed by atoms with E-state index in [2.05, 4.69) is 18.0 Å². The zero-order chi connectivity index (χ0) is 16.2. The third-order valence-corrected chi connectivity index (χ3v) is 6.20. The first-order valence-electron chi connectivity index (χ1n) is 9.42. The fourth-order valence-electron chi connectivity index (χ4n) is 5.24. The van der Waals surface area contributed by atoms with E-state index in [1.54, 1.807) is 0 Å². The zero-order valence-corrected chi connectivity index (χ0v) is 12.2. The minimum absolute atomic E-state index is 0.247. The van der Waals surface area contributed by atoms with E-state index in [4.69, 9.17) is 8.85 Å². The molecule has 0 unspecified atom stereocenters. The highest BCUT2D eigenvalue weighted by Crippen LogP contribution is 2.55. The summed E-state index contributed by atoms with van der Waals surface area (Å²) in [6.07, 6.45) is 7.44. The van der Waals surface area contributed by atoms with E-state index in [0.29, 0.717) is 17.7 Å². The Labute approximate surface area is 126 Å². The van der Waals surface area contributed by atoms with Gasteiger partial charge >= 0.3 is 0 Å². The minimum Gasteiger partial charge on any atom is -0.497 e. The first-order valence-corrected chi connectivity index (χ1v) is 7.92. The van der Waals surface area contributed by atoms with Crippen LogP contribution in [-0.2, 0) is 11.8 Å². The molecule has 20 heavy (non-hydrogen) atoms. The molecule has 1 aromatic carbocycles. The number of likely N-dealkylation sites (N-methyl/N-ethyl adjacent to an activating group) is 1. The lowest BCUT2D eigenvalue weighted by Gasteiger charge is -2.58. The SMILES string of the molecule is [2H]C([2H])([2H])Oc1ccc2c(c1)[C@@]13CCCC[C@H]1[C@@H](C2)N(C)CC3. The fourth-order valence-corrected chi connectivity index (χ4v) is 5.24. The van der Waals surface area contributed by atoms with Gasteiger partial charge in [0.1, 0.15) is 5.75 Å². The van der Waals surface area contributed by atoms with Gasteiger partial charge in [-0.15, -0.1) is 0 Å². The van der Waals surface area contributed by atoms with Crippen LogP contribution in [0.25, 0.3) is 0 Å². The Hall–Kier alpha value is -1.02. The van der Waals surface area contributed by atoms with Gasteiger partial charge in [0, 0.05) is 11.5 Å². The van der Waals surface area contributed by atoms with Crippen molar-refractivity contribution in [3.8, 4) is 5.75 Å². The molecule has 108 valence electrons. The van der Waals surface area contributed by atoms with Crippen LogP contribution in [0, 0.1) is 5.92 Å². The Morgan fingerprint density at radius 1 is 1.35 bits per heavy atom. The number of fused-ring (bicyclic) bond motifs is 1. The minimum atomic E-state index is -2.37. The van der Waals surface area contributed by atoms with E-state index in [0.717, 1.165) is 13.0 Å². The molecule has 2 heteroatoms. The maximum atomic E-state index is 7.36. The van der Waals surface area contributed by atoms with Gasteiger partial charge in [-0.25, -0.2) is 0 Å². The van der Waals surface area contributed by atoms with Gasteiger partial charge < -0.3 is 9.64 Å². The lowest BCUT2D eigenvalue weighted by Crippen LogP contribution is -2.59. The highest BCUT2D eigenvalue weighted by Gasteiger charge is 2.53. The second-order valence-electron chi connectivity index (χ2n) is 6.93. The van der Waals surface area contributed by atoms with E-state index in [1.807, 2.05) is 12.1 Å². The Morgan fingerprint density at radius 2 is 2.30 bits per heavy atom. The summed E-state index contributed by atoms with van der Waals surface area (Å²) >= 11 is 0. The number of hydrogen-bond acceptors (Lipinski definition) is 2. The molecular formula is C18H25NO. The number of hydrogen-bond donors (Lipinski definition) is 0. The van der Waals surface area contributed by atoms with Gasteiger partial charge in [-0.3, -0.25) is 0 Å². The predicted molar refractivity (Wildman–Crippen MR) is 81.4 cm³/mol. The van der Waals surface area contributed by atoms with Crippen molar-refractivity contribution in [1.82, 2.24) is 4.90 Å². The normalized spacial score (nSPS) is 39.0. The number of piperidine rings is 1. The van der Waals surface area contributed by atoms with E-state index in [1.165, 1.54) is 43.2 Å². The van der Waals surface area contributed by atoms with Gasteiger partial charge in [-0.2, -0.15) is 0 Å². The maximum absolute atomic E-state index is 7.36. The van der Waals surface area contributed by atoms with Crippen molar-refractivity contribution in [2.75, 3.05) is 20.6 Å². The van der Waals surface area contributed by atoms with Crippen molar-refractivity contribution in [3.05, 3.63) is 29.3 Å². The molecule has 0 aromatic heterocycles. The summed E-state index contributed by atoms with van der Waals surface area (Å²) in [6, 6.07) is 6.63. The van der Waals surface area contributed by atoms with Gasteiger partial charge in [0.25, 0.3) is 0 Å². The molecule has 1 heterocycles. The average molecular weight is 274 g/mol. The topological polar surface area (TPSA) is 12.5 Å². The average Bonchev–Trinajstić information content (AvgIpc) is 2.50. The molecule has 2 nitrogen and oxygen atoms in total. The largest absolute Gasteiger partial charge is 0.497 e. The van der Waals surface area contributed by atoms with Gasteiger partial charge in [0.15, 0.2) is 0 Å². The maximum Gasteiger partial charge on any atom is 0.119 e. The molecule has 2 fully saturated rings. The van der Waals surface area contributed by atoms with Gasteiger partial charge in [0.2, 0.25) is 0 Å². The van der Waals surface area contributed by atoms with Crippen molar-refractivity contribution >= 4 is 0 Å². The van der Waals surface area contributed by atoms with E-state index >= 15 is 0 Å². The van der Waals surface area contributed by atoms with E-state index < -0.39 is 7.04 Å². The third kappa shape index (κ3) is 1.60. The smallest absolute Gasteiger partial charge is 0.119 e. The first-order chi connectivity index (χ1) is 10.9. The van der Waals surface area contributed by atoms with Crippen molar-refractivity contribution in [2.24, 2.45) is 5.92 Å². The molecule has 3 aliphatic rings. The molecule has 1 aliphatic heterocycles. The Balaban J connectivity index is 1.79. The number of nitrogens with zero attached hydrogens (tertiary/aromatic N) is 1. The van der Waals surface area contributed by atoms with Crippen LogP contribution < -0.4 is 4.74 Å². The van der Waals surface area contributed by atoms with Gasteiger partial charge in [-0.05, 0) is 68.5 Å². The number of rotatable bonds is 1. The second kappa shape index (κ2) is 4.49. The summed E-state index contributed by atoms with van der Waals surface area (Å²) in [5.41, 5.74) is 3.03. The summed E-state index contributed by atoms with van der Waals surface area (Å²) in [5, 5.41) is 0. The van der Waals surface area contributed by atoms with Crippen LogP contribution in [0.3, 0.4) is 0 Å². The fraction of sp³-hybridized carbons (Fsp3) is 0.667. The summed E-state index contributed by atoms with van der Waals surface area (Å²) in [7, 11) is -0.109. The van der Waals surface area contributed by atoms with Crippen LogP contribution in [0.4, 0.5) is 0 Å². The standard InChI is InChI=1S/C18H25NO/c1-19-10-9-18-8-4-3-5-15(18)17(19)11-13-6-7-14(20-2)12-16(13)18/h6-7,12,15,17H,3-5,8-11H2,1-2H3/t15-,17+,18+/m0/s1/i2D3. The second-order valence-corrected chi connectivity index (χ2v) is 6.93. The third-order valence-electron chi connectivity index (χ3n) is 6.20. The Bertz CT molecular complexity index is 615. The number of likely N-dealkylation sites (tertiary alicyclic amines) is 1. The molecule has 2 bridgehead atoms. The van der Waals surface area contributed by atoms with Crippen LogP contribution >= 0.6 is 0 Å². The van der Waals surface area contributed by atoms with Gasteiger partial charge in [-0.1, -0.05) is 18.9 Å². The molecule has 1 aromatic rings. The monoisotopic (exact) mass is 274 g/mol. The first kappa shape index (κ1) is 9.83. The summed E-state index contributed by atoms with van der Waals surface area (Å²) in [4.78, 5) is 2.55. The number of methoxy groups -OCH3 is 1. The summed E-state index contributed by atoms with van der Waals surface area (Å²) in [5.74, 6) is 1.21. The van der Waals surface area contributed by atoms with Crippen molar-refractivity contribution < 1.29 is 8.85 Å². The lowest BCUT2D eigenvalue weighted by atomic mass is 9.52. The molecule has 3 atom stereocenters. The van der Waals surface area contributed by atoms with Crippen LogP contribution in [-0.4, -0.2) is 31.6 Å². The number of ether oxygens (including phenoxy) is 1. The molecule has 1 saturated heterocycles. The Morgan fingerprint density at radius 3 is 3.20 bits per heavy atom. The number of benzene rings is 1. The van der Waals surface area contributed by atoms with E-state index in [9.17, 15) is 0 Å². The predicted octanol–water partition coefficient (Wildman–Crippen LogP) is 3.38. The molecular weight excluding hydrogens is 246 g/mol. The van der Waals surface area contributed by atoms with Crippen LogP contribution in [0.2, 0.25) is 0 Å². The molecule has 0 spiro atoms.